The highest BCUT2D eigenvalue weighted by Crippen LogP contribution is 2.15. The predicted octanol–water partition coefficient (Wildman–Crippen LogP) is 5.35. The smallest absolute Gasteiger partial charge is 0.411 e. The van der Waals surface area contributed by atoms with Crippen LogP contribution >= 0.6 is 0 Å². The van der Waals surface area contributed by atoms with Crippen molar-refractivity contribution in [2.45, 2.75) is 96.1 Å². The third-order valence-electron chi connectivity index (χ3n) is 4.43. The molecule has 186 valence electrons. The number of rotatable bonds is 18. The second kappa shape index (κ2) is 23.3. The second-order valence-corrected chi connectivity index (χ2v) is 7.29. The van der Waals surface area contributed by atoms with Gasteiger partial charge in [-0.2, -0.15) is 13.2 Å². The van der Waals surface area contributed by atoms with E-state index >= 15 is 0 Å². The van der Waals surface area contributed by atoms with E-state index in [9.17, 15) is 22.8 Å². The maximum Gasteiger partial charge on any atom is 0.411 e. The Morgan fingerprint density at radius 3 is 1.45 bits per heavy atom. The molecule has 0 bridgehead atoms. The van der Waals surface area contributed by atoms with Crippen molar-refractivity contribution >= 4 is 11.9 Å². The van der Waals surface area contributed by atoms with Gasteiger partial charge in [-0.1, -0.05) is 51.4 Å². The maximum absolute atomic E-state index is 11.7. The minimum atomic E-state index is -4.23. The third-order valence-corrected chi connectivity index (χ3v) is 4.43. The van der Waals surface area contributed by atoms with Crippen molar-refractivity contribution in [3.8, 4) is 0 Å². The fraction of sp³-hybridized carbons (Fsp3) is 0.909. The molecule has 0 aliphatic rings. The molecule has 0 radical (unpaired) electrons. The normalized spacial score (nSPS) is 10.9. The summed E-state index contributed by atoms with van der Waals surface area (Å²) in [4.78, 5) is 21.5. The van der Waals surface area contributed by atoms with Crippen LogP contribution in [-0.4, -0.2) is 57.3 Å². The Morgan fingerprint density at radius 2 is 1.06 bits per heavy atom. The average Bonchev–Trinajstić information content (AvgIpc) is 2.73. The van der Waals surface area contributed by atoms with Gasteiger partial charge in [0.25, 0.3) is 0 Å². The zero-order valence-corrected chi connectivity index (χ0v) is 19.1. The molecular formula is C22H41F3O6. The molecule has 0 aliphatic heterocycles. The molecule has 0 atom stereocenters. The van der Waals surface area contributed by atoms with Crippen LogP contribution in [0.4, 0.5) is 13.2 Å². The maximum atomic E-state index is 11.7. The Labute approximate surface area is 184 Å². The van der Waals surface area contributed by atoms with E-state index in [4.69, 9.17) is 5.11 Å². The lowest BCUT2D eigenvalue weighted by atomic mass is 10.1. The number of ether oxygens (including phenoxy) is 3. The first-order chi connectivity index (χ1) is 14.8. The van der Waals surface area contributed by atoms with Crippen molar-refractivity contribution in [3.05, 3.63) is 0 Å². The quantitative estimate of drug-likeness (QED) is 0.220. The van der Waals surface area contributed by atoms with Crippen LogP contribution in [0.5, 0.6) is 0 Å². The monoisotopic (exact) mass is 458 g/mol. The highest BCUT2D eigenvalue weighted by molar-refractivity contribution is 5.69. The van der Waals surface area contributed by atoms with Crippen LogP contribution in [0.25, 0.3) is 0 Å². The Morgan fingerprint density at radius 1 is 0.677 bits per heavy atom. The Kier molecular flexibility index (Phi) is 23.9. The topological polar surface area (TPSA) is 82.1 Å². The summed E-state index contributed by atoms with van der Waals surface area (Å²) >= 11 is 0. The van der Waals surface area contributed by atoms with E-state index in [1.165, 1.54) is 14.2 Å². The van der Waals surface area contributed by atoms with Crippen LogP contribution in [0.3, 0.4) is 0 Å². The molecule has 0 aliphatic carbocycles. The summed E-state index contributed by atoms with van der Waals surface area (Å²) in [6, 6.07) is 0. The lowest BCUT2D eigenvalue weighted by Gasteiger charge is -2.07. The first-order valence-electron chi connectivity index (χ1n) is 11.2. The van der Waals surface area contributed by atoms with Crippen LogP contribution in [0.15, 0.2) is 0 Å². The summed E-state index contributed by atoms with van der Waals surface area (Å²) in [6.45, 7) is -0.712. The standard InChI is InChI=1S/C12H21F3O3.C10H20O3/c1-17-11(16)8-6-4-2-3-5-7-9-18-10-12(13,14)15;1-13-10(12)8-6-4-2-3-5-7-9-11/h2-10H2,1H3;11H,2-9H2,1H3. The van der Waals surface area contributed by atoms with Crippen molar-refractivity contribution in [2.75, 3.05) is 34.0 Å². The molecular weight excluding hydrogens is 417 g/mol. The number of carbonyl (C=O) groups excluding carboxylic acids is 2. The van der Waals surface area contributed by atoms with E-state index < -0.39 is 12.8 Å². The van der Waals surface area contributed by atoms with Crippen LogP contribution in [-0.2, 0) is 23.8 Å². The van der Waals surface area contributed by atoms with E-state index in [1.54, 1.807) is 0 Å². The van der Waals surface area contributed by atoms with Gasteiger partial charge in [-0.05, 0) is 25.7 Å². The zero-order chi connectivity index (χ0) is 23.8. The fourth-order valence-electron chi connectivity index (χ4n) is 2.66. The van der Waals surface area contributed by atoms with Gasteiger partial charge in [0.2, 0.25) is 0 Å². The van der Waals surface area contributed by atoms with E-state index in [-0.39, 0.29) is 18.5 Å². The van der Waals surface area contributed by atoms with E-state index in [0.29, 0.717) is 25.9 Å². The van der Waals surface area contributed by atoms with Gasteiger partial charge in [-0.25, -0.2) is 0 Å². The van der Waals surface area contributed by atoms with E-state index in [2.05, 4.69) is 14.2 Å². The van der Waals surface area contributed by atoms with Gasteiger partial charge in [-0.3, -0.25) is 9.59 Å². The van der Waals surface area contributed by atoms with Crippen LogP contribution in [0, 0.1) is 0 Å². The van der Waals surface area contributed by atoms with Crippen molar-refractivity contribution in [2.24, 2.45) is 0 Å². The summed E-state index contributed by atoms with van der Waals surface area (Å²) in [5, 5.41) is 8.51. The van der Waals surface area contributed by atoms with Gasteiger partial charge in [0.1, 0.15) is 6.61 Å². The SMILES string of the molecule is COC(=O)CCCCCCCCO.COC(=O)CCCCCCCCOCC(F)(F)F. The molecule has 0 spiro atoms. The van der Waals surface area contributed by atoms with Gasteiger partial charge < -0.3 is 19.3 Å². The van der Waals surface area contributed by atoms with Gasteiger partial charge in [0, 0.05) is 26.1 Å². The molecule has 1 N–H and O–H groups in total. The van der Waals surface area contributed by atoms with Gasteiger partial charge >= 0.3 is 18.1 Å². The number of aliphatic hydroxyl groups excluding tert-OH is 1. The number of hydrogen-bond acceptors (Lipinski definition) is 6. The lowest BCUT2D eigenvalue weighted by molar-refractivity contribution is -0.174. The molecule has 0 saturated carbocycles. The predicted molar refractivity (Wildman–Crippen MR) is 113 cm³/mol. The first-order valence-corrected chi connectivity index (χ1v) is 11.2. The summed E-state index contributed by atoms with van der Waals surface area (Å²) in [5.74, 6) is -0.314. The molecule has 6 nitrogen and oxygen atoms in total. The van der Waals surface area contributed by atoms with E-state index in [0.717, 1.165) is 70.6 Å². The molecule has 0 heterocycles. The highest BCUT2D eigenvalue weighted by atomic mass is 19.4. The number of methoxy groups -OCH3 is 2. The lowest BCUT2D eigenvalue weighted by Crippen LogP contribution is -2.17. The summed E-state index contributed by atoms with van der Waals surface area (Å²) in [7, 11) is 2.78. The molecule has 0 unspecified atom stereocenters. The molecule has 31 heavy (non-hydrogen) atoms. The Hall–Kier alpha value is -1.35. The molecule has 0 aromatic rings. The third kappa shape index (κ3) is 30.9. The highest BCUT2D eigenvalue weighted by Gasteiger charge is 2.27. The summed E-state index contributed by atoms with van der Waals surface area (Å²) in [5.41, 5.74) is 0. The second-order valence-electron chi connectivity index (χ2n) is 7.29. The van der Waals surface area contributed by atoms with Crippen LogP contribution < -0.4 is 0 Å². The summed E-state index contributed by atoms with van der Waals surface area (Å²) < 4.78 is 48.6. The minimum Gasteiger partial charge on any atom is -0.469 e. The largest absolute Gasteiger partial charge is 0.469 e. The molecule has 0 amide bonds. The number of halogens is 3. The van der Waals surface area contributed by atoms with Crippen molar-refractivity contribution in [1.29, 1.82) is 0 Å². The summed E-state index contributed by atoms with van der Waals surface area (Å²) in [6.07, 6.45) is 8.23. The van der Waals surface area contributed by atoms with Gasteiger partial charge in [-0.15, -0.1) is 0 Å². The number of unbranched alkanes of at least 4 members (excludes halogenated alkanes) is 10. The van der Waals surface area contributed by atoms with Gasteiger partial charge in [0.05, 0.1) is 14.2 Å². The minimum absolute atomic E-state index is 0.115. The molecule has 9 heteroatoms. The first kappa shape index (κ1) is 31.8. The molecule has 0 aromatic carbocycles. The number of alkyl halides is 3. The number of hydrogen-bond donors (Lipinski definition) is 1. The molecule has 0 aromatic heterocycles. The Balaban J connectivity index is 0. The molecule has 0 saturated heterocycles. The number of carbonyl (C=O) groups is 2. The van der Waals surface area contributed by atoms with Gasteiger partial charge in [0.15, 0.2) is 0 Å². The van der Waals surface area contributed by atoms with Crippen LogP contribution in [0.1, 0.15) is 89.9 Å². The fourth-order valence-corrected chi connectivity index (χ4v) is 2.66. The number of aliphatic hydroxyl groups is 1. The molecule has 0 rings (SSSR count). The van der Waals surface area contributed by atoms with E-state index in [1.807, 2.05) is 0 Å². The zero-order valence-electron chi connectivity index (χ0n) is 19.1. The van der Waals surface area contributed by atoms with Crippen molar-refractivity contribution in [3.63, 3.8) is 0 Å². The molecule has 0 fully saturated rings. The van der Waals surface area contributed by atoms with Crippen molar-refractivity contribution < 1.29 is 42.1 Å². The van der Waals surface area contributed by atoms with Crippen molar-refractivity contribution in [1.82, 2.24) is 0 Å². The van der Waals surface area contributed by atoms with Crippen LogP contribution in [0.2, 0.25) is 0 Å². The Bertz CT molecular complexity index is 417. The number of esters is 2. The average molecular weight is 459 g/mol.